The molecule has 0 saturated carbocycles. The highest BCUT2D eigenvalue weighted by Crippen LogP contribution is 2.23. The van der Waals surface area contributed by atoms with Crippen LogP contribution in [0, 0.1) is 17.6 Å². The molecule has 0 aromatic heterocycles. The molecular weight excluding hydrogens is 306 g/mol. The second kappa shape index (κ2) is 7.89. The van der Waals surface area contributed by atoms with Crippen molar-refractivity contribution in [1.29, 1.82) is 0 Å². The second-order valence-corrected chi connectivity index (χ2v) is 5.72. The number of hydrogen-bond acceptors (Lipinski definition) is 2. The summed E-state index contributed by atoms with van der Waals surface area (Å²) in [6, 6.07) is 3.91. The Bertz CT molecular complexity index is 572. The van der Waals surface area contributed by atoms with E-state index in [1.54, 1.807) is 11.0 Å². The van der Waals surface area contributed by atoms with Crippen LogP contribution in [-0.4, -0.2) is 41.6 Å². The number of piperidine rings is 1. The first-order valence-corrected chi connectivity index (χ1v) is 7.65. The van der Waals surface area contributed by atoms with Gasteiger partial charge in [0, 0.05) is 19.6 Å². The highest BCUT2D eigenvalue weighted by atomic mass is 19.2. The highest BCUT2D eigenvalue weighted by Gasteiger charge is 2.24. The van der Waals surface area contributed by atoms with Crippen LogP contribution in [0.15, 0.2) is 18.2 Å². The van der Waals surface area contributed by atoms with E-state index in [4.69, 9.17) is 5.11 Å². The first-order chi connectivity index (χ1) is 11.0. The number of amides is 2. The molecule has 0 spiro atoms. The number of halogens is 2. The number of carboxylic acids is 1. The maximum atomic E-state index is 13.7. The van der Waals surface area contributed by atoms with Crippen molar-refractivity contribution in [2.45, 2.75) is 25.7 Å². The Morgan fingerprint density at radius 3 is 2.61 bits per heavy atom. The fourth-order valence-corrected chi connectivity index (χ4v) is 2.75. The topological polar surface area (TPSA) is 69.6 Å². The number of urea groups is 1. The van der Waals surface area contributed by atoms with Crippen LogP contribution in [0.25, 0.3) is 0 Å². The molecule has 1 fully saturated rings. The van der Waals surface area contributed by atoms with E-state index in [1.165, 1.54) is 6.07 Å². The van der Waals surface area contributed by atoms with Gasteiger partial charge in [0.2, 0.25) is 0 Å². The zero-order valence-electron chi connectivity index (χ0n) is 12.7. The third-order valence-corrected chi connectivity index (χ3v) is 4.06. The number of nitrogens with one attached hydrogen (secondary N) is 1. The van der Waals surface area contributed by atoms with Crippen LogP contribution in [0.2, 0.25) is 0 Å². The quantitative estimate of drug-likeness (QED) is 0.873. The van der Waals surface area contributed by atoms with E-state index >= 15 is 0 Å². The van der Waals surface area contributed by atoms with Crippen molar-refractivity contribution >= 4 is 12.0 Å². The maximum Gasteiger partial charge on any atom is 0.317 e. The molecule has 1 saturated heterocycles. The summed E-state index contributed by atoms with van der Waals surface area (Å²) in [5.74, 6) is -2.38. The van der Waals surface area contributed by atoms with Gasteiger partial charge in [0.25, 0.3) is 0 Å². The van der Waals surface area contributed by atoms with Crippen molar-refractivity contribution in [2.24, 2.45) is 5.92 Å². The van der Waals surface area contributed by atoms with E-state index in [-0.39, 0.29) is 24.9 Å². The van der Waals surface area contributed by atoms with Gasteiger partial charge in [-0.05, 0) is 36.8 Å². The van der Waals surface area contributed by atoms with Crippen molar-refractivity contribution in [3.63, 3.8) is 0 Å². The van der Waals surface area contributed by atoms with Crippen molar-refractivity contribution in [2.75, 3.05) is 19.6 Å². The lowest BCUT2D eigenvalue weighted by atomic mass is 9.90. The summed E-state index contributed by atoms with van der Waals surface area (Å²) in [4.78, 5) is 23.9. The largest absolute Gasteiger partial charge is 0.481 e. The van der Waals surface area contributed by atoms with Crippen LogP contribution in [0.3, 0.4) is 0 Å². The Balaban J connectivity index is 1.78. The van der Waals surface area contributed by atoms with Crippen LogP contribution in [0.5, 0.6) is 0 Å². The smallest absolute Gasteiger partial charge is 0.317 e. The van der Waals surface area contributed by atoms with E-state index in [2.05, 4.69) is 5.32 Å². The van der Waals surface area contributed by atoms with Gasteiger partial charge in [0.05, 0.1) is 6.42 Å². The fraction of sp³-hybridized carbons (Fsp3) is 0.500. The Hall–Kier alpha value is -2.18. The summed E-state index contributed by atoms with van der Waals surface area (Å²) in [5, 5.41) is 11.1. The van der Waals surface area contributed by atoms with E-state index in [0.717, 1.165) is 6.07 Å². The number of aliphatic carboxylic acids is 1. The third-order valence-electron chi connectivity index (χ3n) is 4.06. The molecular formula is C16H20F2N2O3. The maximum absolute atomic E-state index is 13.7. The van der Waals surface area contributed by atoms with Crippen molar-refractivity contribution < 1.29 is 23.5 Å². The van der Waals surface area contributed by atoms with E-state index < -0.39 is 17.6 Å². The van der Waals surface area contributed by atoms with Gasteiger partial charge < -0.3 is 15.3 Å². The average molecular weight is 326 g/mol. The van der Waals surface area contributed by atoms with Gasteiger partial charge in [-0.15, -0.1) is 0 Å². The Morgan fingerprint density at radius 1 is 1.26 bits per heavy atom. The SMILES string of the molecule is O=C(O)CCNC(=O)N1CCC(Cc2cccc(F)c2F)CC1. The number of benzene rings is 1. The molecule has 2 rings (SSSR count). The normalized spacial score (nSPS) is 15.5. The van der Waals surface area contributed by atoms with Gasteiger partial charge in [0.1, 0.15) is 0 Å². The Kier molecular flexibility index (Phi) is 5.90. The minimum Gasteiger partial charge on any atom is -0.481 e. The summed E-state index contributed by atoms with van der Waals surface area (Å²) in [6.07, 6.45) is 1.77. The molecule has 1 aromatic rings. The molecule has 0 radical (unpaired) electrons. The lowest BCUT2D eigenvalue weighted by molar-refractivity contribution is -0.136. The summed E-state index contributed by atoms with van der Waals surface area (Å²) in [7, 11) is 0. The van der Waals surface area contributed by atoms with Gasteiger partial charge >= 0.3 is 12.0 Å². The molecule has 2 N–H and O–H groups in total. The van der Waals surface area contributed by atoms with E-state index in [1.807, 2.05) is 0 Å². The summed E-state index contributed by atoms with van der Waals surface area (Å²) in [6.45, 7) is 1.16. The molecule has 0 atom stereocenters. The Morgan fingerprint density at radius 2 is 1.96 bits per heavy atom. The number of carboxylic acid groups (broad SMARTS) is 1. The zero-order valence-corrected chi connectivity index (χ0v) is 12.7. The van der Waals surface area contributed by atoms with Gasteiger partial charge in [-0.25, -0.2) is 13.6 Å². The molecule has 1 aliphatic rings. The summed E-state index contributed by atoms with van der Waals surface area (Å²) >= 11 is 0. The van der Waals surface area contributed by atoms with Gasteiger partial charge in [-0.3, -0.25) is 4.79 Å². The molecule has 1 aromatic carbocycles. The number of hydrogen-bond donors (Lipinski definition) is 2. The first-order valence-electron chi connectivity index (χ1n) is 7.65. The highest BCUT2D eigenvalue weighted by molar-refractivity contribution is 5.75. The first kappa shape index (κ1) is 17.2. The predicted molar refractivity (Wildman–Crippen MR) is 80.0 cm³/mol. The van der Waals surface area contributed by atoms with Crippen LogP contribution in [0.1, 0.15) is 24.8 Å². The second-order valence-electron chi connectivity index (χ2n) is 5.72. The average Bonchev–Trinajstić information content (AvgIpc) is 2.52. The van der Waals surface area contributed by atoms with Crippen LogP contribution >= 0.6 is 0 Å². The number of rotatable bonds is 5. The Labute approximate surface area is 133 Å². The monoisotopic (exact) mass is 326 g/mol. The molecule has 23 heavy (non-hydrogen) atoms. The molecule has 0 aliphatic carbocycles. The number of likely N-dealkylation sites (tertiary alicyclic amines) is 1. The van der Waals surface area contributed by atoms with Crippen LogP contribution in [0.4, 0.5) is 13.6 Å². The predicted octanol–water partition coefficient (Wildman–Crippen LogP) is 2.40. The number of nitrogens with zero attached hydrogens (tertiary/aromatic N) is 1. The van der Waals surface area contributed by atoms with E-state index in [9.17, 15) is 18.4 Å². The minimum atomic E-state index is -0.957. The van der Waals surface area contributed by atoms with Gasteiger partial charge in [-0.1, -0.05) is 12.1 Å². The number of carbonyl (C=O) groups excluding carboxylic acids is 1. The fourth-order valence-electron chi connectivity index (χ4n) is 2.75. The lowest BCUT2D eigenvalue weighted by Crippen LogP contribution is -2.45. The zero-order chi connectivity index (χ0) is 16.8. The summed E-state index contributed by atoms with van der Waals surface area (Å²) < 4.78 is 26.9. The molecule has 2 amide bonds. The van der Waals surface area contributed by atoms with Crippen molar-refractivity contribution in [3.05, 3.63) is 35.4 Å². The standard InChI is InChI=1S/C16H20F2N2O3/c17-13-3-1-2-12(15(13)18)10-11-5-8-20(9-6-11)16(23)19-7-4-14(21)22/h1-3,11H,4-10H2,(H,19,23)(H,21,22). The van der Waals surface area contributed by atoms with Gasteiger partial charge in [0.15, 0.2) is 11.6 Å². The van der Waals surface area contributed by atoms with E-state index in [0.29, 0.717) is 37.9 Å². The minimum absolute atomic E-state index is 0.0998. The number of carbonyl (C=O) groups is 2. The summed E-state index contributed by atoms with van der Waals surface area (Å²) in [5.41, 5.74) is 0.370. The lowest BCUT2D eigenvalue weighted by Gasteiger charge is -2.32. The molecule has 0 unspecified atom stereocenters. The molecule has 1 aliphatic heterocycles. The van der Waals surface area contributed by atoms with Crippen LogP contribution < -0.4 is 5.32 Å². The molecule has 126 valence electrons. The van der Waals surface area contributed by atoms with Crippen molar-refractivity contribution in [3.8, 4) is 0 Å². The third kappa shape index (κ3) is 4.91. The molecule has 1 heterocycles. The molecule has 0 bridgehead atoms. The molecule has 5 nitrogen and oxygen atoms in total. The van der Waals surface area contributed by atoms with Crippen LogP contribution in [-0.2, 0) is 11.2 Å². The van der Waals surface area contributed by atoms with Crippen molar-refractivity contribution in [1.82, 2.24) is 10.2 Å². The molecule has 7 heteroatoms. The van der Waals surface area contributed by atoms with Gasteiger partial charge in [-0.2, -0.15) is 0 Å².